The number of hydrogen-bond donors (Lipinski definition) is 1. The Bertz CT molecular complexity index is 1300. The monoisotopic (exact) mass is 456 g/mol. The number of imidazole rings is 1. The van der Waals surface area contributed by atoms with Crippen molar-refractivity contribution in [2.24, 2.45) is 0 Å². The van der Waals surface area contributed by atoms with Gasteiger partial charge in [-0.25, -0.2) is 9.37 Å². The number of H-pyrrole nitrogens is 1. The van der Waals surface area contributed by atoms with E-state index >= 15 is 0 Å². The second-order valence-electron chi connectivity index (χ2n) is 6.67. The van der Waals surface area contributed by atoms with Crippen molar-refractivity contribution in [1.29, 1.82) is 0 Å². The number of methoxy groups -OCH3 is 1. The Morgan fingerprint density at radius 3 is 2.26 bits per heavy atom. The van der Waals surface area contributed by atoms with E-state index in [0.717, 1.165) is 45.0 Å². The van der Waals surface area contributed by atoms with E-state index in [1.54, 1.807) is 19.2 Å². The highest BCUT2D eigenvalue weighted by molar-refractivity contribution is 5.85. The second kappa shape index (κ2) is 9.20. The molecule has 0 spiro atoms. The number of halogens is 3. The Morgan fingerprint density at radius 2 is 1.55 bits per heavy atom. The molecule has 0 unspecified atom stereocenters. The quantitative estimate of drug-likeness (QED) is 0.358. The van der Waals surface area contributed by atoms with Crippen LogP contribution in [0.3, 0.4) is 0 Å². The summed E-state index contributed by atoms with van der Waals surface area (Å²) in [6, 6.07) is 18.2. The van der Waals surface area contributed by atoms with Gasteiger partial charge in [0, 0.05) is 34.6 Å². The molecule has 3 aromatic heterocycles. The minimum atomic E-state index is -0.269. The molecular weight excluding hydrogens is 438 g/mol. The number of nitrogens with one attached hydrogen (secondary N) is 1. The number of aromatic nitrogens is 4. The molecule has 0 atom stereocenters. The third kappa shape index (κ3) is 4.13. The number of pyridine rings is 1. The normalized spacial score (nSPS) is 10.4. The molecule has 8 heteroatoms. The fraction of sp³-hybridized carbons (Fsp3) is 0.0435. The summed E-state index contributed by atoms with van der Waals surface area (Å²) in [6.07, 6.45) is 5.75. The Kier molecular flexibility index (Phi) is 6.63. The SMILES string of the molecule is COc1ccc(-c2cnc3ccc(-c4c[nH]nc4-c4ccc(F)cc4)cn23)cc1.Cl.Cl. The lowest BCUT2D eigenvalue weighted by Gasteiger charge is -2.07. The van der Waals surface area contributed by atoms with Crippen LogP contribution in [0.4, 0.5) is 4.39 Å². The van der Waals surface area contributed by atoms with Gasteiger partial charge in [0.1, 0.15) is 17.2 Å². The molecule has 5 aromatic rings. The summed E-state index contributed by atoms with van der Waals surface area (Å²) in [4.78, 5) is 4.52. The van der Waals surface area contributed by atoms with Crippen LogP contribution in [0.15, 0.2) is 79.3 Å². The van der Waals surface area contributed by atoms with E-state index in [-0.39, 0.29) is 30.6 Å². The molecule has 0 saturated heterocycles. The van der Waals surface area contributed by atoms with E-state index < -0.39 is 0 Å². The van der Waals surface area contributed by atoms with Gasteiger partial charge in [0.15, 0.2) is 0 Å². The molecule has 0 amide bonds. The molecule has 2 aromatic carbocycles. The van der Waals surface area contributed by atoms with E-state index in [9.17, 15) is 4.39 Å². The molecule has 0 aliphatic rings. The number of ether oxygens (including phenoxy) is 1. The number of nitrogens with zero attached hydrogens (tertiary/aromatic N) is 3. The lowest BCUT2D eigenvalue weighted by atomic mass is 10.0. The van der Waals surface area contributed by atoms with E-state index in [1.807, 2.05) is 55.0 Å². The smallest absolute Gasteiger partial charge is 0.137 e. The molecule has 0 fully saturated rings. The van der Waals surface area contributed by atoms with Gasteiger partial charge in [-0.1, -0.05) is 0 Å². The maximum Gasteiger partial charge on any atom is 0.137 e. The fourth-order valence-corrected chi connectivity index (χ4v) is 3.45. The van der Waals surface area contributed by atoms with Crippen LogP contribution >= 0.6 is 24.8 Å². The number of hydrogen-bond acceptors (Lipinski definition) is 3. The van der Waals surface area contributed by atoms with Crippen LogP contribution in [-0.4, -0.2) is 26.7 Å². The van der Waals surface area contributed by atoms with Gasteiger partial charge in [0.2, 0.25) is 0 Å². The zero-order chi connectivity index (χ0) is 19.8. The number of benzene rings is 2. The molecule has 0 aliphatic heterocycles. The van der Waals surface area contributed by atoms with Gasteiger partial charge in [-0.2, -0.15) is 5.10 Å². The first kappa shape index (κ1) is 22.3. The van der Waals surface area contributed by atoms with Crippen molar-refractivity contribution in [3.63, 3.8) is 0 Å². The Balaban J connectivity index is 0.00000136. The summed E-state index contributed by atoms with van der Waals surface area (Å²) in [5, 5.41) is 7.30. The lowest BCUT2D eigenvalue weighted by molar-refractivity contribution is 0.415. The predicted octanol–water partition coefficient (Wildman–Crippen LogP) is 6.05. The van der Waals surface area contributed by atoms with Crippen molar-refractivity contribution in [1.82, 2.24) is 19.6 Å². The van der Waals surface area contributed by atoms with Crippen LogP contribution < -0.4 is 4.74 Å². The largest absolute Gasteiger partial charge is 0.497 e. The highest BCUT2D eigenvalue weighted by Crippen LogP contribution is 2.32. The predicted molar refractivity (Wildman–Crippen MR) is 125 cm³/mol. The average molecular weight is 457 g/mol. The molecule has 0 bridgehead atoms. The first-order valence-electron chi connectivity index (χ1n) is 9.14. The molecule has 5 rings (SSSR count). The van der Waals surface area contributed by atoms with Crippen molar-refractivity contribution >= 4 is 30.5 Å². The Morgan fingerprint density at radius 1 is 0.871 bits per heavy atom. The minimum absolute atomic E-state index is 0. The highest BCUT2D eigenvalue weighted by Gasteiger charge is 2.13. The maximum absolute atomic E-state index is 13.3. The van der Waals surface area contributed by atoms with Crippen LogP contribution in [0.5, 0.6) is 5.75 Å². The van der Waals surface area contributed by atoms with Gasteiger partial charge >= 0.3 is 0 Å². The average Bonchev–Trinajstić information content (AvgIpc) is 3.41. The van der Waals surface area contributed by atoms with Crippen molar-refractivity contribution in [2.45, 2.75) is 0 Å². The van der Waals surface area contributed by atoms with Crippen molar-refractivity contribution in [3.05, 3.63) is 85.1 Å². The molecule has 0 aliphatic carbocycles. The second-order valence-corrected chi connectivity index (χ2v) is 6.67. The molecule has 1 N–H and O–H groups in total. The first-order chi connectivity index (χ1) is 14.2. The van der Waals surface area contributed by atoms with Gasteiger partial charge in [0.25, 0.3) is 0 Å². The summed E-state index contributed by atoms with van der Waals surface area (Å²) in [7, 11) is 1.65. The number of fused-ring (bicyclic) bond motifs is 1. The third-order valence-electron chi connectivity index (χ3n) is 4.96. The highest BCUT2D eigenvalue weighted by atomic mass is 35.5. The van der Waals surface area contributed by atoms with Crippen LogP contribution in [0.1, 0.15) is 0 Å². The van der Waals surface area contributed by atoms with Crippen LogP contribution in [0, 0.1) is 5.82 Å². The molecule has 31 heavy (non-hydrogen) atoms. The van der Waals surface area contributed by atoms with Gasteiger partial charge in [0.05, 0.1) is 24.7 Å². The number of rotatable bonds is 4. The lowest BCUT2D eigenvalue weighted by Crippen LogP contribution is -1.91. The number of aromatic amines is 1. The Labute approximate surface area is 190 Å². The van der Waals surface area contributed by atoms with Gasteiger partial charge in [-0.15, -0.1) is 24.8 Å². The van der Waals surface area contributed by atoms with Gasteiger partial charge in [-0.3, -0.25) is 9.50 Å². The standard InChI is InChI=1S/C23H17FN4O.2ClH/c1-29-19-9-4-15(5-10-19)21-13-25-22-11-6-17(14-28(21)22)20-12-26-27-23(20)16-2-7-18(24)8-3-16;;/h2-14H,1H3,(H,26,27);2*1H. The molecule has 158 valence electrons. The topological polar surface area (TPSA) is 55.2 Å². The van der Waals surface area contributed by atoms with Crippen LogP contribution in [-0.2, 0) is 0 Å². The fourth-order valence-electron chi connectivity index (χ4n) is 3.45. The molecule has 3 heterocycles. The summed E-state index contributed by atoms with van der Waals surface area (Å²) < 4.78 is 20.6. The van der Waals surface area contributed by atoms with Crippen molar-refractivity contribution < 1.29 is 9.13 Å². The van der Waals surface area contributed by atoms with Crippen LogP contribution in [0.25, 0.3) is 39.3 Å². The summed E-state index contributed by atoms with van der Waals surface area (Å²) in [5.41, 5.74) is 6.43. The Hall–Kier alpha value is -3.35. The van der Waals surface area contributed by atoms with Crippen molar-refractivity contribution in [2.75, 3.05) is 7.11 Å². The van der Waals surface area contributed by atoms with Crippen LogP contribution in [0.2, 0.25) is 0 Å². The maximum atomic E-state index is 13.3. The summed E-state index contributed by atoms with van der Waals surface area (Å²) in [5.74, 6) is 0.542. The summed E-state index contributed by atoms with van der Waals surface area (Å²) >= 11 is 0. The zero-order valence-electron chi connectivity index (χ0n) is 16.4. The third-order valence-corrected chi connectivity index (χ3v) is 4.96. The van der Waals surface area contributed by atoms with Gasteiger partial charge in [-0.05, 0) is 60.7 Å². The van der Waals surface area contributed by atoms with Crippen molar-refractivity contribution in [3.8, 4) is 39.4 Å². The molecular formula is C23H19Cl2FN4O. The summed E-state index contributed by atoms with van der Waals surface area (Å²) in [6.45, 7) is 0. The zero-order valence-corrected chi connectivity index (χ0v) is 18.1. The molecule has 0 saturated carbocycles. The van der Waals surface area contributed by atoms with E-state index in [2.05, 4.69) is 19.6 Å². The first-order valence-corrected chi connectivity index (χ1v) is 9.14. The van der Waals surface area contributed by atoms with Gasteiger partial charge < -0.3 is 4.74 Å². The molecule has 5 nitrogen and oxygen atoms in total. The minimum Gasteiger partial charge on any atom is -0.497 e. The van der Waals surface area contributed by atoms with E-state index in [1.165, 1.54) is 12.1 Å². The van der Waals surface area contributed by atoms with E-state index in [4.69, 9.17) is 4.74 Å². The molecule has 0 radical (unpaired) electrons. The van der Waals surface area contributed by atoms with E-state index in [0.29, 0.717) is 0 Å².